The van der Waals surface area contributed by atoms with E-state index in [1.807, 2.05) is 0 Å². The van der Waals surface area contributed by atoms with E-state index in [1.54, 1.807) is 36.3 Å². The van der Waals surface area contributed by atoms with Crippen LogP contribution in [0.2, 0.25) is 0 Å². The van der Waals surface area contributed by atoms with E-state index in [0.29, 0.717) is 24.0 Å². The maximum atomic E-state index is 12.7. The van der Waals surface area contributed by atoms with E-state index in [9.17, 15) is 14.9 Å². The first kappa shape index (κ1) is 20.0. The Morgan fingerprint density at radius 2 is 1.96 bits per heavy atom. The lowest BCUT2D eigenvalue weighted by molar-refractivity contribution is -0.384. The number of aromatic nitrogens is 2. The summed E-state index contributed by atoms with van der Waals surface area (Å²) in [6, 6.07) is 8.44. The molecule has 0 unspecified atom stereocenters. The molecule has 0 atom stereocenters. The molecule has 8 nitrogen and oxygen atoms in total. The normalized spacial score (nSPS) is 15.0. The summed E-state index contributed by atoms with van der Waals surface area (Å²) < 4.78 is 1.49. The van der Waals surface area contributed by atoms with Crippen molar-refractivity contribution in [3.63, 3.8) is 0 Å². The Bertz CT molecular complexity index is 829. The van der Waals surface area contributed by atoms with Gasteiger partial charge in [-0.2, -0.15) is 5.10 Å². The van der Waals surface area contributed by atoms with Crippen molar-refractivity contribution >= 4 is 11.6 Å². The standard InChI is InChI=1S/C20H27N5O3/c1-22(16-7-4-3-5-8-16)13-14-23(2)20(26)19-11-12-24(21-19)17-9-6-10-18(15-17)25(27)28/h6,9-12,15-16H,3-5,7-8,13-14H2,1-2H3. The number of benzene rings is 1. The fourth-order valence-electron chi connectivity index (χ4n) is 3.64. The first-order valence-corrected chi connectivity index (χ1v) is 9.72. The van der Waals surface area contributed by atoms with Gasteiger partial charge in [0.05, 0.1) is 10.6 Å². The van der Waals surface area contributed by atoms with Gasteiger partial charge in [0.25, 0.3) is 11.6 Å². The molecule has 0 spiro atoms. The number of hydrogen-bond acceptors (Lipinski definition) is 5. The number of rotatable bonds is 7. The Labute approximate surface area is 164 Å². The zero-order chi connectivity index (χ0) is 20.1. The lowest BCUT2D eigenvalue weighted by Gasteiger charge is -2.32. The molecule has 8 heteroatoms. The molecular weight excluding hydrogens is 358 g/mol. The average Bonchev–Trinajstić information content (AvgIpc) is 3.22. The van der Waals surface area contributed by atoms with Gasteiger partial charge >= 0.3 is 0 Å². The van der Waals surface area contributed by atoms with Gasteiger partial charge in [-0.15, -0.1) is 0 Å². The lowest BCUT2D eigenvalue weighted by Crippen LogP contribution is -2.40. The maximum absolute atomic E-state index is 12.7. The van der Waals surface area contributed by atoms with E-state index in [4.69, 9.17) is 0 Å². The highest BCUT2D eigenvalue weighted by Crippen LogP contribution is 2.21. The maximum Gasteiger partial charge on any atom is 0.274 e. The summed E-state index contributed by atoms with van der Waals surface area (Å²) >= 11 is 0. The molecule has 0 N–H and O–H groups in total. The van der Waals surface area contributed by atoms with Gasteiger partial charge in [-0.05, 0) is 32.0 Å². The summed E-state index contributed by atoms with van der Waals surface area (Å²) in [4.78, 5) is 27.2. The highest BCUT2D eigenvalue weighted by molar-refractivity contribution is 5.92. The highest BCUT2D eigenvalue weighted by atomic mass is 16.6. The first-order valence-electron chi connectivity index (χ1n) is 9.72. The van der Waals surface area contributed by atoms with E-state index >= 15 is 0 Å². The van der Waals surface area contributed by atoms with Crippen molar-refractivity contribution in [1.82, 2.24) is 19.6 Å². The minimum absolute atomic E-state index is 0.0104. The van der Waals surface area contributed by atoms with Crippen molar-refractivity contribution in [3.8, 4) is 5.69 Å². The van der Waals surface area contributed by atoms with Crippen LogP contribution in [0.1, 0.15) is 42.6 Å². The second-order valence-electron chi connectivity index (χ2n) is 7.42. The quantitative estimate of drug-likeness (QED) is 0.540. The SMILES string of the molecule is CN(CCN(C)C1CCCCC1)C(=O)c1ccn(-c2cccc([N+](=O)[O-])c2)n1. The molecule has 1 aromatic heterocycles. The van der Waals surface area contributed by atoms with E-state index in [1.165, 1.54) is 48.9 Å². The summed E-state index contributed by atoms with van der Waals surface area (Å²) in [6.07, 6.45) is 8.03. The molecule has 1 heterocycles. The van der Waals surface area contributed by atoms with E-state index in [0.717, 1.165) is 6.54 Å². The minimum atomic E-state index is -0.449. The van der Waals surface area contributed by atoms with Gasteiger partial charge in [0.1, 0.15) is 0 Å². The Morgan fingerprint density at radius 3 is 2.68 bits per heavy atom. The van der Waals surface area contributed by atoms with E-state index in [2.05, 4.69) is 17.0 Å². The summed E-state index contributed by atoms with van der Waals surface area (Å²) in [5.41, 5.74) is 0.867. The summed E-state index contributed by atoms with van der Waals surface area (Å²) in [5, 5.41) is 15.2. The van der Waals surface area contributed by atoms with Crippen molar-refractivity contribution < 1.29 is 9.72 Å². The lowest BCUT2D eigenvalue weighted by atomic mass is 9.94. The Balaban J connectivity index is 1.60. The van der Waals surface area contributed by atoms with Crippen LogP contribution in [0, 0.1) is 10.1 Å². The van der Waals surface area contributed by atoms with Crippen LogP contribution in [0.15, 0.2) is 36.5 Å². The molecule has 1 amide bonds. The third-order valence-electron chi connectivity index (χ3n) is 5.45. The second-order valence-corrected chi connectivity index (χ2v) is 7.42. The monoisotopic (exact) mass is 385 g/mol. The molecule has 0 bridgehead atoms. The van der Waals surface area contributed by atoms with Crippen molar-refractivity contribution in [2.45, 2.75) is 38.1 Å². The number of nitro groups is 1. The molecule has 2 aromatic rings. The van der Waals surface area contributed by atoms with Crippen LogP contribution in [0.5, 0.6) is 0 Å². The average molecular weight is 385 g/mol. The number of nitro benzene ring substituents is 1. The number of nitrogens with zero attached hydrogens (tertiary/aromatic N) is 5. The molecule has 1 fully saturated rings. The predicted molar refractivity (Wildman–Crippen MR) is 107 cm³/mol. The molecule has 1 aliphatic rings. The van der Waals surface area contributed by atoms with Crippen LogP contribution in [0.4, 0.5) is 5.69 Å². The predicted octanol–water partition coefficient (Wildman–Crippen LogP) is 3.12. The number of likely N-dealkylation sites (N-methyl/N-ethyl adjacent to an activating group) is 2. The van der Waals surface area contributed by atoms with Crippen LogP contribution in [-0.2, 0) is 0 Å². The van der Waals surface area contributed by atoms with Gasteiger partial charge in [-0.25, -0.2) is 4.68 Å². The Hall–Kier alpha value is -2.74. The van der Waals surface area contributed by atoms with Gasteiger partial charge in [0.2, 0.25) is 0 Å². The van der Waals surface area contributed by atoms with Gasteiger partial charge < -0.3 is 9.80 Å². The molecule has 1 aliphatic carbocycles. The van der Waals surface area contributed by atoms with Gasteiger partial charge in [0, 0.05) is 44.5 Å². The molecule has 0 aliphatic heterocycles. The number of carbonyl (C=O) groups excluding carboxylic acids is 1. The van der Waals surface area contributed by atoms with Crippen LogP contribution in [0.25, 0.3) is 5.69 Å². The molecule has 1 aromatic carbocycles. The highest BCUT2D eigenvalue weighted by Gasteiger charge is 2.20. The van der Waals surface area contributed by atoms with E-state index in [-0.39, 0.29) is 11.6 Å². The molecule has 3 rings (SSSR count). The second kappa shape index (κ2) is 8.97. The number of amides is 1. The molecular formula is C20H27N5O3. The molecule has 1 saturated carbocycles. The Morgan fingerprint density at radius 1 is 1.21 bits per heavy atom. The third-order valence-corrected chi connectivity index (χ3v) is 5.45. The van der Waals surface area contributed by atoms with Crippen LogP contribution in [-0.4, -0.2) is 63.6 Å². The number of hydrogen-bond donors (Lipinski definition) is 0. The summed E-state index contributed by atoms with van der Waals surface area (Å²) in [6.45, 7) is 1.47. The Kier molecular flexibility index (Phi) is 6.41. The van der Waals surface area contributed by atoms with E-state index < -0.39 is 4.92 Å². The minimum Gasteiger partial charge on any atom is -0.339 e. The largest absolute Gasteiger partial charge is 0.339 e. The summed E-state index contributed by atoms with van der Waals surface area (Å²) in [7, 11) is 3.91. The third kappa shape index (κ3) is 4.75. The van der Waals surface area contributed by atoms with Crippen molar-refractivity contribution in [2.75, 3.05) is 27.2 Å². The van der Waals surface area contributed by atoms with Crippen molar-refractivity contribution in [3.05, 3.63) is 52.3 Å². The van der Waals surface area contributed by atoms with Crippen molar-refractivity contribution in [1.29, 1.82) is 0 Å². The fraction of sp³-hybridized carbons (Fsp3) is 0.500. The van der Waals surface area contributed by atoms with Gasteiger partial charge in [-0.3, -0.25) is 14.9 Å². The molecule has 0 saturated heterocycles. The molecule has 150 valence electrons. The van der Waals surface area contributed by atoms with Crippen LogP contribution >= 0.6 is 0 Å². The zero-order valence-electron chi connectivity index (χ0n) is 16.5. The molecule has 0 radical (unpaired) electrons. The van der Waals surface area contributed by atoms with Crippen LogP contribution in [0.3, 0.4) is 0 Å². The van der Waals surface area contributed by atoms with Gasteiger partial charge in [-0.1, -0.05) is 25.3 Å². The zero-order valence-corrected chi connectivity index (χ0v) is 16.5. The smallest absolute Gasteiger partial charge is 0.274 e. The number of non-ortho nitro benzene ring substituents is 1. The number of carbonyl (C=O) groups is 1. The van der Waals surface area contributed by atoms with Gasteiger partial charge in [0.15, 0.2) is 5.69 Å². The topological polar surface area (TPSA) is 84.5 Å². The fourth-order valence-corrected chi connectivity index (χ4v) is 3.64. The van der Waals surface area contributed by atoms with Crippen molar-refractivity contribution in [2.24, 2.45) is 0 Å². The van der Waals surface area contributed by atoms with Crippen LogP contribution < -0.4 is 0 Å². The molecule has 28 heavy (non-hydrogen) atoms. The summed E-state index contributed by atoms with van der Waals surface area (Å²) in [5.74, 6) is -0.152. The first-order chi connectivity index (χ1) is 13.5.